The summed E-state index contributed by atoms with van der Waals surface area (Å²) in [5, 5.41) is 1.01. The number of benzene rings is 2. The van der Waals surface area contributed by atoms with E-state index in [1.807, 2.05) is 13.0 Å². The van der Waals surface area contributed by atoms with Crippen molar-refractivity contribution >= 4 is 35.0 Å². The van der Waals surface area contributed by atoms with Crippen molar-refractivity contribution in [3.05, 3.63) is 57.3 Å². The van der Waals surface area contributed by atoms with E-state index in [2.05, 4.69) is 0 Å². The molecule has 0 bridgehead atoms. The maximum atomic E-state index is 13.7. The first-order valence-electron chi connectivity index (χ1n) is 6.07. The monoisotopic (exact) mass is 329 g/mol. The molecule has 2 rings (SSSR count). The van der Waals surface area contributed by atoms with E-state index in [0.29, 0.717) is 15.6 Å². The normalized spacial score (nSPS) is 12.5. The summed E-state index contributed by atoms with van der Waals surface area (Å²) in [6, 6.07) is 8.48. The number of hydrogen-bond acceptors (Lipinski definition) is 2. The molecular weight excluding hydrogens is 316 g/mol. The molecule has 1 nitrogen and oxygen atoms in total. The van der Waals surface area contributed by atoms with Gasteiger partial charge in [0, 0.05) is 15.8 Å². The Labute approximate surface area is 132 Å². The van der Waals surface area contributed by atoms with E-state index in [-0.39, 0.29) is 11.9 Å². The molecule has 0 fully saturated rings. The number of halogens is 3. The second-order valence-electron chi connectivity index (χ2n) is 4.61. The molecule has 20 heavy (non-hydrogen) atoms. The van der Waals surface area contributed by atoms with Crippen molar-refractivity contribution in [1.82, 2.24) is 0 Å². The van der Waals surface area contributed by atoms with Gasteiger partial charge in [-0.15, -0.1) is 0 Å². The Morgan fingerprint density at radius 2 is 1.85 bits per heavy atom. The minimum Gasteiger partial charge on any atom is -0.324 e. The zero-order valence-electron chi connectivity index (χ0n) is 11.1. The lowest BCUT2D eigenvalue weighted by Crippen LogP contribution is -2.07. The van der Waals surface area contributed by atoms with Crippen LogP contribution in [0.3, 0.4) is 0 Å². The van der Waals surface area contributed by atoms with E-state index < -0.39 is 0 Å². The van der Waals surface area contributed by atoms with Crippen molar-refractivity contribution in [1.29, 1.82) is 0 Å². The van der Waals surface area contributed by atoms with Crippen LogP contribution in [-0.2, 0) is 0 Å². The summed E-state index contributed by atoms with van der Waals surface area (Å²) in [6.07, 6.45) is 0. The highest BCUT2D eigenvalue weighted by atomic mass is 35.5. The number of nitrogens with two attached hydrogens (primary N) is 1. The first kappa shape index (κ1) is 15.6. The third kappa shape index (κ3) is 3.47. The van der Waals surface area contributed by atoms with Crippen LogP contribution in [0.4, 0.5) is 4.39 Å². The molecule has 2 aromatic rings. The predicted octanol–water partition coefficient (Wildman–Crippen LogP) is 5.61. The first-order chi connectivity index (χ1) is 9.38. The van der Waals surface area contributed by atoms with Crippen LogP contribution in [0.25, 0.3) is 0 Å². The van der Waals surface area contributed by atoms with Crippen LogP contribution >= 0.6 is 35.0 Å². The van der Waals surface area contributed by atoms with Crippen LogP contribution < -0.4 is 5.73 Å². The van der Waals surface area contributed by atoms with Crippen LogP contribution in [0.15, 0.2) is 40.1 Å². The van der Waals surface area contributed by atoms with Gasteiger partial charge in [-0.1, -0.05) is 35.0 Å². The quantitative estimate of drug-likeness (QED) is 0.791. The van der Waals surface area contributed by atoms with E-state index in [4.69, 9.17) is 28.9 Å². The molecule has 0 saturated carbocycles. The summed E-state index contributed by atoms with van der Waals surface area (Å²) in [5.74, 6) is -0.240. The van der Waals surface area contributed by atoms with Gasteiger partial charge >= 0.3 is 0 Å². The summed E-state index contributed by atoms with van der Waals surface area (Å²) in [6.45, 7) is 3.57. The van der Waals surface area contributed by atoms with E-state index >= 15 is 0 Å². The lowest BCUT2D eigenvalue weighted by atomic mass is 10.1. The Kier molecular flexibility index (Phi) is 4.97. The fraction of sp³-hybridized carbons (Fsp3) is 0.200. The molecule has 0 heterocycles. The Balaban J connectivity index is 2.41. The fourth-order valence-electron chi connectivity index (χ4n) is 1.78. The van der Waals surface area contributed by atoms with E-state index in [0.717, 1.165) is 15.4 Å². The fourth-order valence-corrected chi connectivity index (χ4v) is 3.31. The number of rotatable bonds is 3. The molecule has 5 heteroatoms. The maximum absolute atomic E-state index is 13.7. The van der Waals surface area contributed by atoms with E-state index in [1.165, 1.54) is 17.8 Å². The first-order valence-corrected chi connectivity index (χ1v) is 7.64. The average molecular weight is 330 g/mol. The SMILES string of the molecule is Cc1cc(Sc2ccc(Cl)c(Cl)c2)c([C@@H](C)N)cc1F. The molecule has 0 radical (unpaired) electrons. The Morgan fingerprint density at radius 1 is 1.15 bits per heavy atom. The Hall–Kier alpha value is -0.740. The Morgan fingerprint density at radius 3 is 2.45 bits per heavy atom. The molecule has 0 saturated heterocycles. The molecule has 0 spiro atoms. The lowest BCUT2D eigenvalue weighted by molar-refractivity contribution is 0.610. The molecule has 0 amide bonds. The van der Waals surface area contributed by atoms with Gasteiger partial charge in [0.05, 0.1) is 10.0 Å². The maximum Gasteiger partial charge on any atom is 0.126 e. The summed E-state index contributed by atoms with van der Waals surface area (Å²) in [4.78, 5) is 1.87. The van der Waals surface area contributed by atoms with Gasteiger partial charge in [0.1, 0.15) is 5.82 Å². The van der Waals surface area contributed by atoms with Gasteiger partial charge in [-0.25, -0.2) is 4.39 Å². The van der Waals surface area contributed by atoms with Crippen LogP contribution in [0.1, 0.15) is 24.1 Å². The van der Waals surface area contributed by atoms with Crippen molar-refractivity contribution in [2.45, 2.75) is 29.7 Å². The second-order valence-corrected chi connectivity index (χ2v) is 6.54. The van der Waals surface area contributed by atoms with Gasteiger partial charge in [-0.2, -0.15) is 0 Å². The van der Waals surface area contributed by atoms with Gasteiger partial charge in [0.25, 0.3) is 0 Å². The smallest absolute Gasteiger partial charge is 0.126 e. The minimum atomic E-state index is -0.240. The zero-order chi connectivity index (χ0) is 14.9. The lowest BCUT2D eigenvalue weighted by Gasteiger charge is -2.14. The topological polar surface area (TPSA) is 26.0 Å². The predicted molar refractivity (Wildman–Crippen MR) is 84.3 cm³/mol. The van der Waals surface area contributed by atoms with Gasteiger partial charge < -0.3 is 5.73 Å². The van der Waals surface area contributed by atoms with Crippen LogP contribution in [0, 0.1) is 12.7 Å². The minimum absolute atomic E-state index is 0.240. The van der Waals surface area contributed by atoms with Crippen molar-refractivity contribution in [2.75, 3.05) is 0 Å². The standard InChI is InChI=1S/C15H14Cl2FNS/c1-8-5-15(11(9(2)19)7-14(8)18)20-10-3-4-12(16)13(17)6-10/h3-7,9H,19H2,1-2H3/t9-/m1/s1. The summed E-state index contributed by atoms with van der Waals surface area (Å²) in [5.41, 5.74) is 7.29. The highest BCUT2D eigenvalue weighted by Crippen LogP contribution is 2.36. The molecule has 0 aliphatic carbocycles. The third-order valence-electron chi connectivity index (χ3n) is 2.90. The van der Waals surface area contributed by atoms with Crippen molar-refractivity contribution < 1.29 is 4.39 Å². The van der Waals surface area contributed by atoms with Crippen LogP contribution in [0.2, 0.25) is 10.0 Å². The third-order valence-corrected chi connectivity index (χ3v) is 4.70. The van der Waals surface area contributed by atoms with Crippen molar-refractivity contribution in [2.24, 2.45) is 5.73 Å². The zero-order valence-corrected chi connectivity index (χ0v) is 13.4. The summed E-state index contributed by atoms with van der Waals surface area (Å²) in [7, 11) is 0. The molecule has 0 unspecified atom stereocenters. The average Bonchev–Trinajstić information content (AvgIpc) is 2.37. The molecule has 0 aliphatic heterocycles. The van der Waals surface area contributed by atoms with Crippen LogP contribution in [-0.4, -0.2) is 0 Å². The van der Waals surface area contributed by atoms with Crippen molar-refractivity contribution in [3.63, 3.8) is 0 Å². The molecule has 106 valence electrons. The van der Waals surface area contributed by atoms with Crippen molar-refractivity contribution in [3.8, 4) is 0 Å². The number of hydrogen-bond donors (Lipinski definition) is 1. The van der Waals surface area contributed by atoms with E-state index in [9.17, 15) is 4.39 Å². The van der Waals surface area contributed by atoms with Gasteiger partial charge in [0.2, 0.25) is 0 Å². The molecule has 0 aromatic heterocycles. The van der Waals surface area contributed by atoms with Gasteiger partial charge in [0.15, 0.2) is 0 Å². The number of aryl methyl sites for hydroxylation is 1. The molecule has 1 atom stereocenters. The van der Waals surface area contributed by atoms with Crippen LogP contribution in [0.5, 0.6) is 0 Å². The molecule has 0 aliphatic rings. The Bertz CT molecular complexity index is 644. The molecular formula is C15H14Cl2FNS. The molecule has 2 aromatic carbocycles. The summed E-state index contributed by atoms with van der Waals surface area (Å²) < 4.78 is 13.7. The molecule has 2 N–H and O–H groups in total. The van der Waals surface area contributed by atoms with Gasteiger partial charge in [-0.3, -0.25) is 0 Å². The highest BCUT2D eigenvalue weighted by Gasteiger charge is 2.12. The summed E-state index contributed by atoms with van der Waals surface area (Å²) >= 11 is 13.4. The highest BCUT2D eigenvalue weighted by molar-refractivity contribution is 7.99. The van der Waals surface area contributed by atoms with Gasteiger partial charge in [-0.05, 0) is 55.3 Å². The van der Waals surface area contributed by atoms with E-state index in [1.54, 1.807) is 25.1 Å². The second kappa shape index (κ2) is 6.35. The largest absolute Gasteiger partial charge is 0.324 e.